The van der Waals surface area contributed by atoms with E-state index < -0.39 is 0 Å². The first-order valence-electron chi connectivity index (χ1n) is 9.66. The molecule has 0 amide bonds. The lowest BCUT2D eigenvalue weighted by Gasteiger charge is -2.31. The number of rotatable bonds is 5. The van der Waals surface area contributed by atoms with Crippen molar-refractivity contribution in [3.05, 3.63) is 59.4 Å². The Labute approximate surface area is 168 Å². The number of aromatic amines is 1. The largest absolute Gasteiger partial charge is 0.497 e. The fraction of sp³-hybridized carbons (Fsp3) is 0.318. The van der Waals surface area contributed by atoms with E-state index in [1.165, 1.54) is 16.5 Å². The Balaban J connectivity index is 1.24. The summed E-state index contributed by atoms with van der Waals surface area (Å²) in [6.07, 6.45) is 6.28. The molecule has 3 aromatic heterocycles. The summed E-state index contributed by atoms with van der Waals surface area (Å²) in [6.45, 7) is 2.99. The molecule has 1 saturated heterocycles. The molecule has 1 aliphatic rings. The van der Waals surface area contributed by atoms with Crippen molar-refractivity contribution in [1.29, 1.82) is 0 Å². The predicted octanol–water partition coefficient (Wildman–Crippen LogP) is 5.27. The third-order valence-corrected chi connectivity index (χ3v) is 6.48. The monoisotopic (exact) mass is 393 g/mol. The van der Waals surface area contributed by atoms with E-state index in [0.29, 0.717) is 5.92 Å². The Kier molecular flexibility index (Phi) is 4.66. The van der Waals surface area contributed by atoms with Crippen LogP contribution in [0.5, 0.6) is 5.75 Å². The Morgan fingerprint density at radius 3 is 2.96 bits per heavy atom. The lowest BCUT2D eigenvalue weighted by atomic mass is 9.89. The highest BCUT2D eigenvalue weighted by molar-refractivity contribution is 7.13. The van der Waals surface area contributed by atoms with Crippen molar-refractivity contribution >= 4 is 22.2 Å². The number of piperidine rings is 1. The average Bonchev–Trinajstić information content (AvgIpc) is 3.48. The van der Waals surface area contributed by atoms with Crippen molar-refractivity contribution < 1.29 is 9.15 Å². The highest BCUT2D eigenvalue weighted by Crippen LogP contribution is 2.35. The van der Waals surface area contributed by atoms with Crippen LogP contribution in [0.4, 0.5) is 0 Å². The fourth-order valence-electron chi connectivity index (χ4n) is 4.11. The van der Waals surface area contributed by atoms with Gasteiger partial charge in [-0.05, 0) is 67.1 Å². The van der Waals surface area contributed by atoms with Crippen LogP contribution < -0.4 is 4.74 Å². The number of hydrogen-bond donors (Lipinski definition) is 1. The molecule has 6 heteroatoms. The summed E-state index contributed by atoms with van der Waals surface area (Å²) in [7, 11) is 1.72. The van der Waals surface area contributed by atoms with Crippen LogP contribution in [-0.2, 0) is 6.54 Å². The first-order chi connectivity index (χ1) is 13.8. The van der Waals surface area contributed by atoms with Gasteiger partial charge in [0, 0.05) is 23.6 Å². The molecule has 0 aliphatic carbocycles. The van der Waals surface area contributed by atoms with E-state index >= 15 is 0 Å². The molecule has 1 N–H and O–H groups in total. The zero-order chi connectivity index (χ0) is 18.9. The normalized spacial score (nSPS) is 16.0. The number of oxazole rings is 1. The lowest BCUT2D eigenvalue weighted by Crippen LogP contribution is -2.32. The third-order valence-electron chi connectivity index (χ3n) is 5.62. The van der Waals surface area contributed by atoms with Crippen LogP contribution in [0.2, 0.25) is 0 Å². The predicted molar refractivity (Wildman–Crippen MR) is 112 cm³/mol. The average molecular weight is 394 g/mol. The van der Waals surface area contributed by atoms with Crippen LogP contribution in [0, 0.1) is 0 Å². The molecule has 0 unspecified atom stereocenters. The molecule has 0 spiro atoms. The highest BCUT2D eigenvalue weighted by Gasteiger charge is 2.23. The highest BCUT2D eigenvalue weighted by atomic mass is 32.1. The van der Waals surface area contributed by atoms with E-state index in [1.807, 2.05) is 23.6 Å². The first-order valence-corrected chi connectivity index (χ1v) is 10.5. The van der Waals surface area contributed by atoms with Crippen LogP contribution in [0.1, 0.15) is 30.0 Å². The van der Waals surface area contributed by atoms with Crippen molar-refractivity contribution in [2.45, 2.75) is 25.3 Å². The molecule has 5 rings (SSSR count). The molecule has 28 heavy (non-hydrogen) atoms. The van der Waals surface area contributed by atoms with Crippen molar-refractivity contribution in [1.82, 2.24) is 14.9 Å². The second-order valence-corrected chi connectivity index (χ2v) is 8.27. The number of methoxy groups -OCH3 is 1. The van der Waals surface area contributed by atoms with Gasteiger partial charge in [-0.1, -0.05) is 6.07 Å². The molecular weight excluding hydrogens is 370 g/mol. The zero-order valence-corrected chi connectivity index (χ0v) is 16.7. The Morgan fingerprint density at radius 2 is 2.18 bits per heavy atom. The van der Waals surface area contributed by atoms with E-state index in [4.69, 9.17) is 9.15 Å². The molecule has 144 valence electrons. The van der Waals surface area contributed by atoms with Crippen molar-refractivity contribution in [3.63, 3.8) is 0 Å². The van der Waals surface area contributed by atoms with Crippen molar-refractivity contribution in [3.8, 4) is 16.5 Å². The Hall–Kier alpha value is -2.57. The molecule has 0 saturated carbocycles. The number of H-pyrrole nitrogens is 1. The van der Waals surface area contributed by atoms with Crippen LogP contribution in [-0.4, -0.2) is 35.1 Å². The first kappa shape index (κ1) is 17.5. The number of hydrogen-bond acceptors (Lipinski definition) is 5. The van der Waals surface area contributed by atoms with Crippen LogP contribution >= 0.6 is 11.3 Å². The van der Waals surface area contributed by atoms with E-state index in [1.54, 1.807) is 24.7 Å². The number of ether oxygens (including phenoxy) is 1. The maximum Gasteiger partial charge on any atom is 0.236 e. The molecule has 1 aromatic carbocycles. The maximum absolute atomic E-state index is 5.66. The third kappa shape index (κ3) is 3.34. The summed E-state index contributed by atoms with van der Waals surface area (Å²) < 4.78 is 11.1. The number of benzene rings is 1. The number of fused-ring (bicyclic) bond motifs is 1. The van der Waals surface area contributed by atoms with Crippen molar-refractivity contribution in [2.24, 2.45) is 0 Å². The van der Waals surface area contributed by atoms with Gasteiger partial charge >= 0.3 is 0 Å². The Morgan fingerprint density at radius 1 is 1.29 bits per heavy atom. The minimum Gasteiger partial charge on any atom is -0.497 e. The van der Waals surface area contributed by atoms with E-state index in [2.05, 4.69) is 33.2 Å². The van der Waals surface area contributed by atoms with Gasteiger partial charge in [0.2, 0.25) is 5.89 Å². The lowest BCUT2D eigenvalue weighted by molar-refractivity contribution is 0.203. The van der Waals surface area contributed by atoms with E-state index in [-0.39, 0.29) is 0 Å². The van der Waals surface area contributed by atoms with Gasteiger partial charge < -0.3 is 14.1 Å². The second-order valence-electron chi connectivity index (χ2n) is 7.33. The molecule has 4 aromatic rings. The molecule has 0 radical (unpaired) electrons. The van der Waals surface area contributed by atoms with Crippen LogP contribution in [0.25, 0.3) is 21.7 Å². The summed E-state index contributed by atoms with van der Waals surface area (Å²) >= 11 is 1.66. The molecule has 0 bridgehead atoms. The van der Waals surface area contributed by atoms with Gasteiger partial charge in [-0.25, -0.2) is 4.98 Å². The number of thiophene rings is 1. The van der Waals surface area contributed by atoms with Gasteiger partial charge in [-0.3, -0.25) is 4.90 Å². The topological polar surface area (TPSA) is 54.3 Å². The minimum absolute atomic E-state index is 0.580. The fourth-order valence-corrected chi connectivity index (χ4v) is 4.77. The van der Waals surface area contributed by atoms with Crippen molar-refractivity contribution in [2.75, 3.05) is 20.2 Å². The van der Waals surface area contributed by atoms with Gasteiger partial charge in [0.05, 0.1) is 17.7 Å². The van der Waals surface area contributed by atoms with Gasteiger partial charge in [0.25, 0.3) is 0 Å². The van der Waals surface area contributed by atoms with Gasteiger partial charge in [-0.15, -0.1) is 11.3 Å². The standard InChI is InChI=1S/C22H23N3O2S/c1-26-17-4-5-20-18(11-17)19(12-23-20)15-6-8-25(9-7-15)13-16-14-27-22(24-16)21-3-2-10-28-21/h2-5,10-12,14-15,23H,6-9,13H2,1H3. The SMILES string of the molecule is COc1ccc2[nH]cc(C3CCN(Cc4coc(-c5cccs5)n4)CC3)c2c1. The van der Waals surface area contributed by atoms with Gasteiger partial charge in [0.1, 0.15) is 12.0 Å². The van der Waals surface area contributed by atoms with E-state index in [9.17, 15) is 0 Å². The van der Waals surface area contributed by atoms with Crippen LogP contribution in [0.3, 0.4) is 0 Å². The summed E-state index contributed by atoms with van der Waals surface area (Å²) in [4.78, 5) is 11.6. The number of aromatic nitrogens is 2. The zero-order valence-electron chi connectivity index (χ0n) is 15.9. The quantitative estimate of drug-likeness (QED) is 0.502. The molecule has 5 nitrogen and oxygen atoms in total. The number of nitrogens with one attached hydrogen (secondary N) is 1. The summed E-state index contributed by atoms with van der Waals surface area (Å²) in [5.74, 6) is 2.22. The molecular formula is C22H23N3O2S. The van der Waals surface area contributed by atoms with Gasteiger partial charge in [0.15, 0.2) is 0 Å². The molecule has 1 fully saturated rings. The molecule has 1 aliphatic heterocycles. The maximum atomic E-state index is 5.66. The number of nitrogens with zero attached hydrogens (tertiary/aromatic N) is 2. The van der Waals surface area contributed by atoms with E-state index in [0.717, 1.165) is 54.7 Å². The Bertz CT molecular complexity index is 1060. The summed E-state index contributed by atoms with van der Waals surface area (Å²) in [5.41, 5.74) is 3.61. The van der Waals surface area contributed by atoms with Gasteiger partial charge in [-0.2, -0.15) is 0 Å². The summed E-state index contributed by atoms with van der Waals surface area (Å²) in [6, 6.07) is 10.3. The minimum atomic E-state index is 0.580. The smallest absolute Gasteiger partial charge is 0.236 e. The summed E-state index contributed by atoms with van der Waals surface area (Å²) in [5, 5.41) is 3.33. The number of likely N-dealkylation sites (tertiary alicyclic amines) is 1. The second kappa shape index (κ2) is 7.45. The molecule has 0 atom stereocenters. The molecule has 4 heterocycles. The van der Waals surface area contributed by atoms with Crippen LogP contribution in [0.15, 0.2) is 52.6 Å².